The Bertz CT molecular complexity index is 572. The highest BCUT2D eigenvalue weighted by molar-refractivity contribution is 9.10. The Kier molecular flexibility index (Phi) is 3.81. The second-order valence-electron chi connectivity index (χ2n) is 3.86. The zero-order chi connectivity index (χ0) is 13.1. The minimum atomic E-state index is 0.533. The fourth-order valence-corrected chi connectivity index (χ4v) is 1.90. The number of aromatic nitrogens is 2. The highest BCUT2D eigenvalue weighted by Crippen LogP contribution is 2.33. The number of nitrogens with zero attached hydrogens (tertiary/aromatic N) is 2. The molecule has 0 aliphatic carbocycles. The first-order valence-corrected chi connectivity index (χ1v) is 6.46. The summed E-state index contributed by atoms with van der Waals surface area (Å²) in [4.78, 5) is 8.56. The number of aryl methyl sites for hydroxylation is 2. The number of hydrogen-bond acceptors (Lipinski definition) is 4. The standard InChI is InChI=1S/C13H14BrN3O/c1-3-9-7-12(17-8(2)16-9)18-11-6-4-5-10(15)13(11)14/h4-7H,3,15H2,1-2H3. The third-order valence-electron chi connectivity index (χ3n) is 2.44. The first-order chi connectivity index (χ1) is 8.60. The van der Waals surface area contributed by atoms with Gasteiger partial charge in [-0.3, -0.25) is 0 Å². The fourth-order valence-electron chi connectivity index (χ4n) is 1.55. The van der Waals surface area contributed by atoms with Gasteiger partial charge in [-0.2, -0.15) is 4.98 Å². The number of hydrogen-bond donors (Lipinski definition) is 1. The van der Waals surface area contributed by atoms with Crippen molar-refractivity contribution in [2.45, 2.75) is 20.3 Å². The minimum Gasteiger partial charge on any atom is -0.438 e. The predicted molar refractivity (Wildman–Crippen MR) is 74.8 cm³/mol. The summed E-state index contributed by atoms with van der Waals surface area (Å²) in [5.41, 5.74) is 7.39. The summed E-state index contributed by atoms with van der Waals surface area (Å²) < 4.78 is 6.47. The molecule has 0 fully saturated rings. The molecule has 0 saturated heterocycles. The van der Waals surface area contributed by atoms with Gasteiger partial charge in [0.25, 0.3) is 0 Å². The van der Waals surface area contributed by atoms with Gasteiger partial charge in [-0.1, -0.05) is 13.0 Å². The third kappa shape index (κ3) is 2.79. The number of ether oxygens (including phenoxy) is 1. The van der Waals surface area contributed by atoms with Crippen molar-refractivity contribution in [2.75, 3.05) is 5.73 Å². The lowest BCUT2D eigenvalue weighted by Gasteiger charge is -2.09. The number of nitrogen functional groups attached to an aromatic ring is 1. The maximum absolute atomic E-state index is 5.80. The molecule has 2 N–H and O–H groups in total. The molecule has 0 atom stereocenters. The molecular formula is C13H14BrN3O. The molecule has 0 aliphatic heterocycles. The van der Waals surface area contributed by atoms with E-state index in [0.717, 1.165) is 16.6 Å². The highest BCUT2D eigenvalue weighted by atomic mass is 79.9. The average molecular weight is 308 g/mol. The van der Waals surface area contributed by atoms with E-state index >= 15 is 0 Å². The lowest BCUT2D eigenvalue weighted by atomic mass is 10.3. The zero-order valence-corrected chi connectivity index (χ0v) is 11.9. The van der Waals surface area contributed by atoms with Crippen molar-refractivity contribution in [1.82, 2.24) is 9.97 Å². The minimum absolute atomic E-state index is 0.533. The van der Waals surface area contributed by atoms with Gasteiger partial charge in [0.1, 0.15) is 11.6 Å². The summed E-state index contributed by atoms with van der Waals surface area (Å²) in [6.45, 7) is 3.89. The third-order valence-corrected chi connectivity index (χ3v) is 3.29. The van der Waals surface area contributed by atoms with Crippen LogP contribution >= 0.6 is 15.9 Å². The van der Waals surface area contributed by atoms with E-state index in [1.807, 2.05) is 32.0 Å². The maximum Gasteiger partial charge on any atom is 0.222 e. The van der Waals surface area contributed by atoms with Crippen LogP contribution < -0.4 is 10.5 Å². The molecule has 2 aromatic rings. The zero-order valence-electron chi connectivity index (χ0n) is 10.3. The molecule has 0 saturated carbocycles. The summed E-state index contributed by atoms with van der Waals surface area (Å²) in [6, 6.07) is 7.32. The second-order valence-corrected chi connectivity index (χ2v) is 4.65. The van der Waals surface area contributed by atoms with Crippen LogP contribution in [0, 0.1) is 6.92 Å². The molecule has 4 nitrogen and oxygen atoms in total. The Labute approximate surface area is 114 Å². The van der Waals surface area contributed by atoms with Crippen molar-refractivity contribution in [3.8, 4) is 11.6 Å². The van der Waals surface area contributed by atoms with Crippen LogP contribution in [-0.4, -0.2) is 9.97 Å². The molecule has 1 aromatic heterocycles. The summed E-state index contributed by atoms with van der Waals surface area (Å²) in [5, 5.41) is 0. The summed E-state index contributed by atoms with van der Waals surface area (Å²) >= 11 is 3.40. The van der Waals surface area contributed by atoms with Gasteiger partial charge in [0, 0.05) is 17.4 Å². The molecular weight excluding hydrogens is 294 g/mol. The molecule has 0 radical (unpaired) electrons. The number of rotatable bonds is 3. The van der Waals surface area contributed by atoms with E-state index in [2.05, 4.69) is 25.9 Å². The maximum atomic E-state index is 5.80. The van der Waals surface area contributed by atoms with Gasteiger partial charge in [-0.15, -0.1) is 0 Å². The normalized spacial score (nSPS) is 10.4. The van der Waals surface area contributed by atoms with E-state index < -0.39 is 0 Å². The first kappa shape index (κ1) is 12.8. The van der Waals surface area contributed by atoms with Crippen molar-refractivity contribution >= 4 is 21.6 Å². The van der Waals surface area contributed by atoms with Crippen molar-refractivity contribution in [1.29, 1.82) is 0 Å². The molecule has 1 aromatic carbocycles. The smallest absolute Gasteiger partial charge is 0.222 e. The quantitative estimate of drug-likeness (QED) is 0.882. The Balaban J connectivity index is 2.34. The van der Waals surface area contributed by atoms with Crippen LogP contribution in [0.15, 0.2) is 28.7 Å². The first-order valence-electron chi connectivity index (χ1n) is 5.66. The molecule has 0 bridgehead atoms. The van der Waals surface area contributed by atoms with Gasteiger partial charge in [0.2, 0.25) is 5.88 Å². The molecule has 0 amide bonds. The number of benzene rings is 1. The lowest BCUT2D eigenvalue weighted by molar-refractivity contribution is 0.456. The number of halogens is 1. The molecule has 0 unspecified atom stereocenters. The highest BCUT2D eigenvalue weighted by Gasteiger charge is 2.08. The SMILES string of the molecule is CCc1cc(Oc2cccc(N)c2Br)nc(C)n1. The molecule has 2 rings (SSSR count). The average Bonchev–Trinajstić information content (AvgIpc) is 2.34. The molecule has 0 spiro atoms. The largest absolute Gasteiger partial charge is 0.438 e. The van der Waals surface area contributed by atoms with Gasteiger partial charge >= 0.3 is 0 Å². The van der Waals surface area contributed by atoms with E-state index in [-0.39, 0.29) is 0 Å². The van der Waals surface area contributed by atoms with Crippen molar-refractivity contribution in [3.05, 3.63) is 40.3 Å². The van der Waals surface area contributed by atoms with E-state index in [4.69, 9.17) is 10.5 Å². The number of nitrogens with two attached hydrogens (primary N) is 1. The summed E-state index contributed by atoms with van der Waals surface area (Å²) in [6.07, 6.45) is 0.845. The van der Waals surface area contributed by atoms with Gasteiger partial charge in [-0.25, -0.2) is 4.98 Å². The van der Waals surface area contributed by atoms with Crippen molar-refractivity contribution in [2.24, 2.45) is 0 Å². The predicted octanol–water partition coefficient (Wildman–Crippen LogP) is 3.48. The van der Waals surface area contributed by atoms with Gasteiger partial charge in [0.05, 0.1) is 4.47 Å². The van der Waals surface area contributed by atoms with Crippen LogP contribution in [0.5, 0.6) is 11.6 Å². The summed E-state index contributed by atoms with van der Waals surface area (Å²) in [7, 11) is 0. The Morgan fingerprint density at radius 1 is 1.33 bits per heavy atom. The topological polar surface area (TPSA) is 61.0 Å². The summed E-state index contributed by atoms with van der Waals surface area (Å²) in [5.74, 6) is 1.88. The van der Waals surface area contributed by atoms with Crippen molar-refractivity contribution < 1.29 is 4.74 Å². The van der Waals surface area contributed by atoms with Crippen LogP contribution in [0.4, 0.5) is 5.69 Å². The molecule has 5 heteroatoms. The van der Waals surface area contributed by atoms with Crippen LogP contribution in [0.25, 0.3) is 0 Å². The Morgan fingerprint density at radius 3 is 2.83 bits per heavy atom. The molecule has 18 heavy (non-hydrogen) atoms. The molecule has 1 heterocycles. The molecule has 94 valence electrons. The fraction of sp³-hybridized carbons (Fsp3) is 0.231. The second kappa shape index (κ2) is 5.35. The van der Waals surface area contributed by atoms with Crippen LogP contribution in [-0.2, 0) is 6.42 Å². The number of anilines is 1. The van der Waals surface area contributed by atoms with E-state index in [0.29, 0.717) is 23.1 Å². The van der Waals surface area contributed by atoms with Crippen LogP contribution in [0.1, 0.15) is 18.4 Å². The van der Waals surface area contributed by atoms with Crippen molar-refractivity contribution in [3.63, 3.8) is 0 Å². The molecule has 0 aliphatic rings. The monoisotopic (exact) mass is 307 g/mol. The van der Waals surface area contributed by atoms with Crippen LogP contribution in [0.3, 0.4) is 0 Å². The Hall–Kier alpha value is -1.62. The lowest BCUT2D eigenvalue weighted by Crippen LogP contribution is -1.98. The van der Waals surface area contributed by atoms with E-state index in [9.17, 15) is 0 Å². The van der Waals surface area contributed by atoms with Gasteiger partial charge in [0.15, 0.2) is 0 Å². The van der Waals surface area contributed by atoms with Crippen LogP contribution in [0.2, 0.25) is 0 Å². The van der Waals surface area contributed by atoms with Gasteiger partial charge < -0.3 is 10.5 Å². The van der Waals surface area contributed by atoms with E-state index in [1.165, 1.54) is 0 Å². The van der Waals surface area contributed by atoms with Gasteiger partial charge in [-0.05, 0) is 41.4 Å². The van der Waals surface area contributed by atoms with E-state index in [1.54, 1.807) is 6.07 Å². The Morgan fingerprint density at radius 2 is 2.11 bits per heavy atom.